The minimum Gasteiger partial charge on any atom is -0.444 e. The van der Waals surface area contributed by atoms with Crippen LogP contribution in [0.25, 0.3) is 0 Å². The van der Waals surface area contributed by atoms with E-state index in [9.17, 15) is 9.59 Å². The third kappa shape index (κ3) is 4.46. The van der Waals surface area contributed by atoms with E-state index >= 15 is 0 Å². The third-order valence-electron chi connectivity index (χ3n) is 3.09. The summed E-state index contributed by atoms with van der Waals surface area (Å²) >= 11 is 0. The zero-order chi connectivity index (χ0) is 16.2. The summed E-state index contributed by atoms with van der Waals surface area (Å²) in [6.07, 6.45) is -0.574. The molecule has 0 unspecified atom stereocenters. The molecule has 1 aliphatic heterocycles. The van der Waals surface area contributed by atoms with Crippen LogP contribution < -0.4 is 5.32 Å². The van der Waals surface area contributed by atoms with Gasteiger partial charge in [-0.15, -0.1) is 0 Å². The van der Waals surface area contributed by atoms with Crippen LogP contribution in [0.1, 0.15) is 31.1 Å². The van der Waals surface area contributed by atoms with Gasteiger partial charge in [0, 0.05) is 13.1 Å². The van der Waals surface area contributed by atoms with Gasteiger partial charge in [0.05, 0.1) is 24.5 Å². The van der Waals surface area contributed by atoms with Gasteiger partial charge in [0.1, 0.15) is 5.60 Å². The summed E-state index contributed by atoms with van der Waals surface area (Å²) in [5, 5.41) is 2.65. The zero-order valence-corrected chi connectivity index (χ0v) is 13.2. The fraction of sp³-hybridized carbons (Fsp3) is 0.500. The number of rotatable bonds is 2. The molecule has 1 heterocycles. The predicted octanol–water partition coefficient (Wildman–Crippen LogP) is 2.51. The molecule has 22 heavy (non-hydrogen) atoms. The molecule has 0 atom stereocenters. The summed E-state index contributed by atoms with van der Waals surface area (Å²) in [5.41, 5.74) is 0.316. The molecule has 0 bridgehead atoms. The summed E-state index contributed by atoms with van der Waals surface area (Å²) in [4.78, 5) is 26.2. The number of para-hydroxylation sites is 1. The SMILES string of the molecule is CC(C)(C)OC(=O)Nc1ccccc1C(=O)N1CCOCC1. The Morgan fingerprint density at radius 3 is 2.45 bits per heavy atom. The molecule has 0 radical (unpaired) electrons. The van der Waals surface area contributed by atoms with Crippen LogP contribution in [0.4, 0.5) is 10.5 Å². The third-order valence-corrected chi connectivity index (χ3v) is 3.09. The van der Waals surface area contributed by atoms with Gasteiger partial charge < -0.3 is 14.4 Å². The normalized spacial score (nSPS) is 15.3. The topological polar surface area (TPSA) is 67.9 Å². The lowest BCUT2D eigenvalue weighted by molar-refractivity contribution is 0.0303. The molecule has 6 nitrogen and oxygen atoms in total. The average Bonchev–Trinajstić information content (AvgIpc) is 2.46. The van der Waals surface area contributed by atoms with Crippen molar-refractivity contribution in [1.82, 2.24) is 4.90 Å². The Kier molecular flexibility index (Phi) is 5.03. The Balaban J connectivity index is 2.12. The van der Waals surface area contributed by atoms with E-state index in [1.54, 1.807) is 49.9 Å². The van der Waals surface area contributed by atoms with Gasteiger partial charge in [0.2, 0.25) is 0 Å². The van der Waals surface area contributed by atoms with Crippen LogP contribution in [0, 0.1) is 0 Å². The van der Waals surface area contributed by atoms with E-state index < -0.39 is 11.7 Å². The first-order valence-electron chi connectivity index (χ1n) is 7.33. The molecule has 2 rings (SSSR count). The van der Waals surface area contributed by atoms with Crippen LogP contribution in [-0.4, -0.2) is 48.8 Å². The molecule has 2 amide bonds. The summed E-state index contributed by atoms with van der Waals surface area (Å²) in [6, 6.07) is 6.93. The zero-order valence-electron chi connectivity index (χ0n) is 13.2. The van der Waals surface area contributed by atoms with E-state index in [-0.39, 0.29) is 5.91 Å². The number of nitrogens with zero attached hydrogens (tertiary/aromatic N) is 1. The quantitative estimate of drug-likeness (QED) is 0.911. The molecule has 0 saturated carbocycles. The average molecular weight is 306 g/mol. The largest absolute Gasteiger partial charge is 0.444 e. The van der Waals surface area contributed by atoms with Gasteiger partial charge in [0.25, 0.3) is 5.91 Å². The lowest BCUT2D eigenvalue weighted by Gasteiger charge is -2.27. The van der Waals surface area contributed by atoms with Crippen molar-refractivity contribution in [1.29, 1.82) is 0 Å². The molecule has 6 heteroatoms. The van der Waals surface area contributed by atoms with Crippen LogP contribution >= 0.6 is 0 Å². The van der Waals surface area contributed by atoms with E-state index in [1.807, 2.05) is 0 Å². The Hall–Kier alpha value is -2.08. The summed E-state index contributed by atoms with van der Waals surface area (Å²) in [5.74, 6) is -0.116. The van der Waals surface area contributed by atoms with Gasteiger partial charge in [-0.05, 0) is 32.9 Å². The molecule has 0 aromatic heterocycles. The number of anilines is 1. The fourth-order valence-electron chi connectivity index (χ4n) is 2.13. The minimum absolute atomic E-state index is 0.116. The molecular formula is C16H22N2O4. The number of hydrogen-bond donors (Lipinski definition) is 1. The fourth-order valence-corrected chi connectivity index (χ4v) is 2.13. The Labute approximate surface area is 130 Å². The number of nitrogens with one attached hydrogen (secondary N) is 1. The number of morpholine rings is 1. The van der Waals surface area contributed by atoms with E-state index in [0.717, 1.165) is 0 Å². The van der Waals surface area contributed by atoms with Crippen molar-refractivity contribution in [2.24, 2.45) is 0 Å². The van der Waals surface area contributed by atoms with Gasteiger partial charge in [-0.25, -0.2) is 4.79 Å². The number of amides is 2. The van der Waals surface area contributed by atoms with Crippen molar-refractivity contribution in [2.75, 3.05) is 31.6 Å². The van der Waals surface area contributed by atoms with Gasteiger partial charge in [-0.2, -0.15) is 0 Å². The first-order chi connectivity index (χ1) is 10.4. The number of benzene rings is 1. The number of carbonyl (C=O) groups is 2. The smallest absolute Gasteiger partial charge is 0.412 e. The first-order valence-corrected chi connectivity index (χ1v) is 7.33. The van der Waals surface area contributed by atoms with Gasteiger partial charge in [-0.1, -0.05) is 12.1 Å². The highest BCUT2D eigenvalue weighted by atomic mass is 16.6. The number of ether oxygens (including phenoxy) is 2. The number of carbonyl (C=O) groups excluding carboxylic acids is 2. The maximum atomic E-state index is 12.6. The number of hydrogen-bond acceptors (Lipinski definition) is 4. The van der Waals surface area contributed by atoms with E-state index in [1.165, 1.54) is 0 Å². The highest BCUT2D eigenvalue weighted by molar-refractivity contribution is 6.02. The minimum atomic E-state index is -0.590. The van der Waals surface area contributed by atoms with E-state index in [0.29, 0.717) is 37.6 Å². The van der Waals surface area contributed by atoms with Crippen molar-refractivity contribution in [3.8, 4) is 0 Å². The van der Waals surface area contributed by atoms with Crippen LogP contribution in [0.5, 0.6) is 0 Å². The van der Waals surface area contributed by atoms with Crippen molar-refractivity contribution < 1.29 is 19.1 Å². The van der Waals surface area contributed by atoms with Crippen LogP contribution in [0.3, 0.4) is 0 Å². The van der Waals surface area contributed by atoms with Crippen LogP contribution in [0.15, 0.2) is 24.3 Å². The molecule has 1 aromatic carbocycles. The van der Waals surface area contributed by atoms with Crippen molar-refractivity contribution in [2.45, 2.75) is 26.4 Å². The molecule has 1 aromatic rings. The monoisotopic (exact) mass is 306 g/mol. The maximum absolute atomic E-state index is 12.6. The second kappa shape index (κ2) is 6.79. The summed E-state index contributed by atoms with van der Waals surface area (Å²) in [7, 11) is 0. The van der Waals surface area contributed by atoms with E-state index in [2.05, 4.69) is 5.32 Å². The molecule has 120 valence electrons. The molecular weight excluding hydrogens is 284 g/mol. The van der Waals surface area contributed by atoms with Crippen LogP contribution in [0.2, 0.25) is 0 Å². The van der Waals surface area contributed by atoms with Gasteiger partial charge >= 0.3 is 6.09 Å². The second-order valence-electron chi connectivity index (χ2n) is 6.08. The highest BCUT2D eigenvalue weighted by Crippen LogP contribution is 2.19. The molecule has 1 fully saturated rings. The van der Waals surface area contributed by atoms with Crippen molar-refractivity contribution in [3.63, 3.8) is 0 Å². The molecule has 1 N–H and O–H groups in total. The van der Waals surface area contributed by atoms with Crippen LogP contribution in [-0.2, 0) is 9.47 Å². The molecule has 1 saturated heterocycles. The van der Waals surface area contributed by atoms with E-state index in [4.69, 9.17) is 9.47 Å². The summed E-state index contributed by atoms with van der Waals surface area (Å²) in [6.45, 7) is 7.55. The summed E-state index contributed by atoms with van der Waals surface area (Å²) < 4.78 is 10.5. The maximum Gasteiger partial charge on any atom is 0.412 e. The first kappa shape index (κ1) is 16.3. The van der Waals surface area contributed by atoms with Gasteiger partial charge in [0.15, 0.2) is 0 Å². The molecule has 1 aliphatic rings. The predicted molar refractivity (Wildman–Crippen MR) is 83.0 cm³/mol. The Morgan fingerprint density at radius 2 is 1.82 bits per heavy atom. The second-order valence-corrected chi connectivity index (χ2v) is 6.08. The van der Waals surface area contributed by atoms with Gasteiger partial charge in [-0.3, -0.25) is 10.1 Å². The lowest BCUT2D eigenvalue weighted by Crippen LogP contribution is -2.41. The standard InChI is InChI=1S/C16H22N2O4/c1-16(2,3)22-15(20)17-13-7-5-4-6-12(13)14(19)18-8-10-21-11-9-18/h4-7H,8-11H2,1-3H3,(H,17,20). The highest BCUT2D eigenvalue weighted by Gasteiger charge is 2.23. The van der Waals surface area contributed by atoms with Crippen molar-refractivity contribution in [3.05, 3.63) is 29.8 Å². The Bertz CT molecular complexity index is 545. The Morgan fingerprint density at radius 1 is 1.18 bits per heavy atom. The lowest BCUT2D eigenvalue weighted by atomic mass is 10.1. The van der Waals surface area contributed by atoms with Crippen molar-refractivity contribution >= 4 is 17.7 Å². The molecule has 0 spiro atoms. The molecule has 0 aliphatic carbocycles.